The van der Waals surface area contributed by atoms with Gasteiger partial charge in [0, 0.05) is 30.7 Å². The van der Waals surface area contributed by atoms with Gasteiger partial charge in [0.25, 0.3) is 0 Å². The summed E-state index contributed by atoms with van der Waals surface area (Å²) in [5.74, 6) is -0.0685. The van der Waals surface area contributed by atoms with E-state index in [-0.39, 0.29) is 48.1 Å². The van der Waals surface area contributed by atoms with E-state index in [0.29, 0.717) is 6.54 Å². The van der Waals surface area contributed by atoms with Crippen LogP contribution in [0, 0.1) is 0 Å². The Labute approximate surface area is 185 Å². The number of hydrogen-bond acceptors (Lipinski definition) is 7. The Balaban J connectivity index is 1.39. The number of carbonyl (C=O) groups excluding carboxylic acids is 1. The third-order valence-electron chi connectivity index (χ3n) is 7.52. The summed E-state index contributed by atoms with van der Waals surface area (Å²) in [6.45, 7) is 1.20. The molecule has 1 aliphatic carbocycles. The van der Waals surface area contributed by atoms with Gasteiger partial charge in [-0.3, -0.25) is 19.9 Å². The summed E-state index contributed by atoms with van der Waals surface area (Å²) in [5.41, 5.74) is 1.08. The normalized spacial score (nSPS) is 33.8. The number of benzene rings is 1. The molecule has 1 unspecified atom stereocenters. The summed E-state index contributed by atoms with van der Waals surface area (Å²) < 4.78 is 23.2. The maximum absolute atomic E-state index is 12.7. The minimum atomic E-state index is -3.02. The van der Waals surface area contributed by atoms with Crippen molar-refractivity contribution in [2.75, 3.05) is 51.8 Å². The first-order valence-electron chi connectivity index (χ1n) is 11.1. The number of nitrogens with zero attached hydrogens (tertiary/aromatic N) is 3. The summed E-state index contributed by atoms with van der Waals surface area (Å²) in [7, 11) is 1.24. The van der Waals surface area contributed by atoms with E-state index in [1.165, 1.54) is 5.56 Å². The molecule has 4 rings (SSSR count). The summed E-state index contributed by atoms with van der Waals surface area (Å²) >= 11 is 0. The van der Waals surface area contributed by atoms with Gasteiger partial charge in [-0.15, -0.1) is 0 Å². The average molecular weight is 451 g/mol. The quantitative estimate of drug-likeness (QED) is 0.677. The van der Waals surface area contributed by atoms with Gasteiger partial charge >= 0.3 is 0 Å². The molecule has 1 saturated carbocycles. The summed E-state index contributed by atoms with van der Waals surface area (Å²) in [6, 6.07) is 10.6. The molecule has 1 aromatic carbocycles. The highest BCUT2D eigenvalue weighted by molar-refractivity contribution is 7.91. The second kappa shape index (κ2) is 8.44. The topological polar surface area (TPSA) is 93.2 Å². The third kappa shape index (κ3) is 4.52. The van der Waals surface area contributed by atoms with Crippen molar-refractivity contribution in [3.63, 3.8) is 0 Å². The second-order valence-electron chi connectivity index (χ2n) is 9.53. The largest absolute Gasteiger partial charge is 0.365 e. The summed E-state index contributed by atoms with van der Waals surface area (Å²) in [4.78, 5) is 18.4. The molecule has 0 aromatic heterocycles. The number of hydrogen-bond donors (Lipinski definition) is 2. The lowest BCUT2D eigenvalue weighted by Crippen LogP contribution is -2.54. The predicted octanol–water partition coefficient (Wildman–Crippen LogP) is 0.194. The van der Waals surface area contributed by atoms with Gasteiger partial charge in [0.1, 0.15) is 0 Å². The number of aliphatic hydroxyl groups is 1. The first-order chi connectivity index (χ1) is 14.6. The lowest BCUT2D eigenvalue weighted by atomic mass is 9.69. The Morgan fingerprint density at radius 2 is 1.74 bits per heavy atom. The Bertz CT molecular complexity index is 883. The lowest BCUT2D eigenvalue weighted by molar-refractivity contribution is -0.134. The van der Waals surface area contributed by atoms with Gasteiger partial charge in [-0.25, -0.2) is 8.42 Å². The Kier molecular flexibility index (Phi) is 6.17. The highest BCUT2D eigenvalue weighted by Gasteiger charge is 2.50. The molecule has 0 bridgehead atoms. The maximum Gasteiger partial charge on any atom is 0.236 e. The van der Waals surface area contributed by atoms with Crippen LogP contribution >= 0.6 is 0 Å². The molecule has 8 nitrogen and oxygen atoms in total. The fourth-order valence-electron chi connectivity index (χ4n) is 5.45. The van der Waals surface area contributed by atoms with Crippen LogP contribution in [0.4, 0.5) is 0 Å². The zero-order valence-corrected chi connectivity index (χ0v) is 19.3. The van der Waals surface area contributed by atoms with Gasteiger partial charge < -0.3 is 10.0 Å². The van der Waals surface area contributed by atoms with Crippen molar-refractivity contribution in [2.24, 2.45) is 0 Å². The van der Waals surface area contributed by atoms with Crippen LogP contribution in [0.5, 0.6) is 0 Å². The molecule has 172 valence electrons. The third-order valence-corrected chi connectivity index (χ3v) is 9.13. The van der Waals surface area contributed by atoms with Gasteiger partial charge in [0.15, 0.2) is 16.2 Å². The number of rotatable bonds is 4. The first-order valence-corrected chi connectivity index (χ1v) is 12.9. The second-order valence-corrected chi connectivity index (χ2v) is 11.8. The van der Waals surface area contributed by atoms with Gasteiger partial charge in [-0.2, -0.15) is 0 Å². The van der Waals surface area contributed by atoms with E-state index in [2.05, 4.69) is 48.6 Å². The Morgan fingerprint density at radius 3 is 2.32 bits per heavy atom. The molecule has 2 aliphatic heterocycles. The van der Waals surface area contributed by atoms with E-state index >= 15 is 0 Å². The van der Waals surface area contributed by atoms with Gasteiger partial charge in [-0.1, -0.05) is 30.3 Å². The molecular weight excluding hydrogens is 416 g/mol. The summed E-state index contributed by atoms with van der Waals surface area (Å²) in [6.07, 6.45) is 2.89. The number of nitrogens with one attached hydrogen (secondary N) is 1. The molecular formula is C22H34N4O4S. The van der Waals surface area contributed by atoms with Crippen LogP contribution in [0.15, 0.2) is 30.3 Å². The molecule has 2 saturated heterocycles. The average Bonchev–Trinajstić information content (AvgIpc) is 3.03. The molecule has 9 heteroatoms. The predicted molar refractivity (Wildman–Crippen MR) is 119 cm³/mol. The minimum Gasteiger partial charge on any atom is -0.365 e. The maximum atomic E-state index is 12.7. The Hall–Kier alpha value is -1.52. The van der Waals surface area contributed by atoms with Crippen molar-refractivity contribution in [2.45, 2.75) is 43.1 Å². The van der Waals surface area contributed by atoms with E-state index in [0.717, 1.165) is 25.7 Å². The van der Waals surface area contributed by atoms with E-state index in [1.807, 2.05) is 6.07 Å². The van der Waals surface area contributed by atoms with Crippen molar-refractivity contribution in [1.29, 1.82) is 0 Å². The van der Waals surface area contributed by atoms with Crippen molar-refractivity contribution in [3.8, 4) is 0 Å². The van der Waals surface area contributed by atoms with Gasteiger partial charge in [0.05, 0.1) is 18.1 Å². The van der Waals surface area contributed by atoms with Crippen LogP contribution in [0.3, 0.4) is 0 Å². The van der Waals surface area contributed by atoms with E-state index in [9.17, 15) is 18.3 Å². The SMILES string of the molecule is CN(C)[C@]1(c2ccccc2)CC[C@@]2(CC1)CN(CC(=O)N1CCS(=O)(=O)CC1)C(O)N2. The monoisotopic (exact) mass is 450 g/mol. The number of aliphatic hydroxyl groups excluding tert-OH is 1. The number of amides is 1. The van der Waals surface area contributed by atoms with Crippen LogP contribution in [0.25, 0.3) is 0 Å². The number of sulfone groups is 1. The lowest BCUT2D eigenvalue weighted by Gasteiger charge is -2.49. The molecule has 1 spiro atoms. The smallest absolute Gasteiger partial charge is 0.236 e. The zero-order valence-electron chi connectivity index (χ0n) is 18.5. The molecule has 1 atom stereocenters. The van der Waals surface area contributed by atoms with Crippen molar-refractivity contribution >= 4 is 15.7 Å². The first kappa shape index (κ1) is 22.7. The van der Waals surface area contributed by atoms with Crippen molar-refractivity contribution in [3.05, 3.63) is 35.9 Å². The zero-order chi connectivity index (χ0) is 22.3. The van der Waals surface area contributed by atoms with Crippen LogP contribution < -0.4 is 5.32 Å². The van der Waals surface area contributed by atoms with Crippen molar-refractivity contribution < 1.29 is 18.3 Å². The van der Waals surface area contributed by atoms with E-state index in [1.54, 1.807) is 9.80 Å². The van der Waals surface area contributed by atoms with Gasteiger partial charge in [-0.05, 0) is 45.3 Å². The van der Waals surface area contributed by atoms with E-state index < -0.39 is 16.2 Å². The van der Waals surface area contributed by atoms with Crippen LogP contribution in [0.1, 0.15) is 31.2 Å². The molecule has 1 aromatic rings. The molecule has 2 heterocycles. The fourth-order valence-corrected chi connectivity index (χ4v) is 6.65. The number of carbonyl (C=O) groups is 1. The van der Waals surface area contributed by atoms with E-state index in [4.69, 9.17) is 0 Å². The van der Waals surface area contributed by atoms with Crippen molar-refractivity contribution in [1.82, 2.24) is 20.0 Å². The van der Waals surface area contributed by atoms with Crippen LogP contribution in [0.2, 0.25) is 0 Å². The molecule has 2 N–H and O–H groups in total. The highest BCUT2D eigenvalue weighted by Crippen LogP contribution is 2.46. The fraction of sp³-hybridized carbons (Fsp3) is 0.682. The highest BCUT2D eigenvalue weighted by atomic mass is 32.2. The molecule has 1 amide bonds. The molecule has 3 aliphatic rings. The molecule has 0 radical (unpaired) electrons. The molecule has 3 fully saturated rings. The minimum absolute atomic E-state index is 0.0234. The van der Waals surface area contributed by atoms with Crippen LogP contribution in [-0.2, 0) is 20.2 Å². The standard InChI is InChI=1S/C22H34N4O4S/c1-24(2)22(18-6-4-3-5-7-18)10-8-21(9-11-22)17-26(20(28)23-21)16-19(27)25-12-14-31(29,30)15-13-25/h3-7,20,23,28H,8-17H2,1-2H3/t20?,21-,22-. The summed E-state index contributed by atoms with van der Waals surface area (Å²) in [5, 5.41) is 14.0. The molecule has 31 heavy (non-hydrogen) atoms. The Morgan fingerprint density at radius 1 is 1.13 bits per heavy atom. The van der Waals surface area contributed by atoms with Gasteiger partial charge in [0.2, 0.25) is 5.91 Å². The van der Waals surface area contributed by atoms with Crippen LogP contribution in [-0.4, -0.2) is 97.8 Å².